The van der Waals surface area contributed by atoms with Crippen LogP contribution in [-0.2, 0) is 11.3 Å². The number of rotatable bonds is 10. The van der Waals surface area contributed by atoms with Crippen LogP contribution in [-0.4, -0.2) is 42.9 Å². The molecule has 0 aliphatic rings. The first kappa shape index (κ1) is 18.0. The second-order valence-electron chi connectivity index (χ2n) is 5.26. The zero-order valence-electron chi connectivity index (χ0n) is 12.8. The maximum absolute atomic E-state index is 13.7. The van der Waals surface area contributed by atoms with Gasteiger partial charge in [-0.05, 0) is 18.9 Å². The van der Waals surface area contributed by atoms with Crippen LogP contribution < -0.4 is 0 Å². The molecular formula is C16H25F2NO2. The van der Waals surface area contributed by atoms with Crippen molar-refractivity contribution in [3.8, 4) is 0 Å². The fraction of sp³-hybridized carbons (Fsp3) is 0.625. The number of ether oxygens (including phenoxy) is 1. The normalized spacial score (nSPS) is 12.9. The fourth-order valence-electron chi connectivity index (χ4n) is 2.28. The molecule has 0 aliphatic heterocycles. The predicted molar refractivity (Wildman–Crippen MR) is 79.0 cm³/mol. The molecule has 0 saturated carbocycles. The molecule has 0 aliphatic carbocycles. The summed E-state index contributed by atoms with van der Waals surface area (Å²) in [6.45, 7) is 4.17. The molecule has 0 bridgehead atoms. The standard InChI is InChI=1S/C16H25F2NO2/c1-3-5-15(20)12-19(8-4-9-21-2)11-13-6-7-14(17)10-16(13)18/h6-7,10,15,20H,3-5,8-9,11-12H2,1-2H3. The van der Waals surface area contributed by atoms with Crippen LogP contribution in [0.1, 0.15) is 31.7 Å². The monoisotopic (exact) mass is 301 g/mol. The van der Waals surface area contributed by atoms with Crippen LogP contribution in [0.3, 0.4) is 0 Å². The van der Waals surface area contributed by atoms with Gasteiger partial charge in [0.25, 0.3) is 0 Å². The average Bonchev–Trinajstić information content (AvgIpc) is 2.42. The van der Waals surface area contributed by atoms with Crippen LogP contribution in [0.5, 0.6) is 0 Å². The summed E-state index contributed by atoms with van der Waals surface area (Å²) in [4.78, 5) is 1.98. The summed E-state index contributed by atoms with van der Waals surface area (Å²) in [5, 5.41) is 9.94. The van der Waals surface area contributed by atoms with E-state index < -0.39 is 17.7 Å². The number of halogens is 2. The van der Waals surface area contributed by atoms with Crippen molar-refractivity contribution in [2.45, 2.75) is 38.8 Å². The van der Waals surface area contributed by atoms with Crippen molar-refractivity contribution >= 4 is 0 Å². The van der Waals surface area contributed by atoms with Crippen molar-refractivity contribution in [3.63, 3.8) is 0 Å². The molecule has 0 aromatic heterocycles. The van der Waals surface area contributed by atoms with Gasteiger partial charge in [-0.15, -0.1) is 0 Å². The van der Waals surface area contributed by atoms with Gasteiger partial charge in [-0.2, -0.15) is 0 Å². The maximum atomic E-state index is 13.7. The van der Waals surface area contributed by atoms with Crippen LogP contribution in [0.25, 0.3) is 0 Å². The predicted octanol–water partition coefficient (Wildman–Crippen LogP) is 2.96. The number of hydrogen-bond acceptors (Lipinski definition) is 3. The lowest BCUT2D eigenvalue weighted by Crippen LogP contribution is -2.33. The Labute approximate surface area is 125 Å². The van der Waals surface area contributed by atoms with E-state index in [2.05, 4.69) is 0 Å². The molecule has 21 heavy (non-hydrogen) atoms. The molecule has 1 aromatic carbocycles. The maximum Gasteiger partial charge on any atom is 0.130 e. The highest BCUT2D eigenvalue weighted by Crippen LogP contribution is 2.13. The first-order valence-corrected chi connectivity index (χ1v) is 7.40. The highest BCUT2D eigenvalue weighted by Gasteiger charge is 2.14. The summed E-state index contributed by atoms with van der Waals surface area (Å²) in [6.07, 6.45) is 1.99. The van der Waals surface area contributed by atoms with Crippen LogP contribution in [0, 0.1) is 11.6 Å². The number of hydrogen-bond donors (Lipinski definition) is 1. The van der Waals surface area contributed by atoms with Gasteiger partial charge in [0.05, 0.1) is 6.10 Å². The molecule has 0 radical (unpaired) electrons. The molecule has 1 N–H and O–H groups in total. The molecule has 0 fully saturated rings. The van der Waals surface area contributed by atoms with E-state index in [1.165, 1.54) is 12.1 Å². The summed E-state index contributed by atoms with van der Waals surface area (Å²) in [5.41, 5.74) is 0.442. The highest BCUT2D eigenvalue weighted by molar-refractivity contribution is 5.18. The van der Waals surface area contributed by atoms with E-state index in [-0.39, 0.29) is 0 Å². The van der Waals surface area contributed by atoms with Crippen LogP contribution in [0.4, 0.5) is 8.78 Å². The number of methoxy groups -OCH3 is 1. The van der Waals surface area contributed by atoms with Crippen LogP contribution >= 0.6 is 0 Å². The Morgan fingerprint density at radius 2 is 2.10 bits per heavy atom. The molecule has 5 heteroatoms. The van der Waals surface area contributed by atoms with Crippen molar-refractivity contribution < 1.29 is 18.6 Å². The molecule has 1 rings (SSSR count). The first-order valence-electron chi connectivity index (χ1n) is 7.40. The first-order chi connectivity index (χ1) is 10.1. The Bertz CT molecular complexity index is 415. The van der Waals surface area contributed by atoms with Gasteiger partial charge in [0.2, 0.25) is 0 Å². The Kier molecular flexibility index (Phi) is 8.42. The minimum absolute atomic E-state index is 0.358. The van der Waals surface area contributed by atoms with E-state index in [1.807, 2.05) is 11.8 Å². The van der Waals surface area contributed by atoms with Gasteiger partial charge in [0.15, 0.2) is 0 Å². The van der Waals surface area contributed by atoms with Crippen molar-refractivity contribution in [2.75, 3.05) is 26.8 Å². The third kappa shape index (κ3) is 6.98. The van der Waals surface area contributed by atoms with E-state index in [0.717, 1.165) is 18.9 Å². The summed E-state index contributed by atoms with van der Waals surface area (Å²) in [6, 6.07) is 3.61. The van der Waals surface area contributed by atoms with Crippen molar-refractivity contribution in [1.29, 1.82) is 0 Å². The summed E-state index contributed by atoms with van der Waals surface area (Å²) in [5.74, 6) is -1.12. The fourth-order valence-corrected chi connectivity index (χ4v) is 2.28. The summed E-state index contributed by atoms with van der Waals surface area (Å²) in [7, 11) is 1.63. The van der Waals surface area contributed by atoms with Crippen molar-refractivity contribution in [3.05, 3.63) is 35.4 Å². The number of aliphatic hydroxyl groups is 1. The molecule has 1 atom stereocenters. The SMILES string of the molecule is CCCC(O)CN(CCCOC)Cc1ccc(F)cc1F. The Hall–Kier alpha value is -1.04. The van der Waals surface area contributed by atoms with Crippen molar-refractivity contribution in [2.24, 2.45) is 0 Å². The third-order valence-corrected chi connectivity index (χ3v) is 3.32. The molecule has 3 nitrogen and oxygen atoms in total. The lowest BCUT2D eigenvalue weighted by atomic mass is 10.1. The quantitative estimate of drug-likeness (QED) is 0.674. The second-order valence-corrected chi connectivity index (χ2v) is 5.26. The van der Waals surface area contributed by atoms with E-state index in [1.54, 1.807) is 7.11 Å². The van der Waals surface area contributed by atoms with E-state index in [0.29, 0.717) is 38.2 Å². The van der Waals surface area contributed by atoms with Gasteiger partial charge in [-0.25, -0.2) is 8.78 Å². The van der Waals surface area contributed by atoms with Crippen LogP contribution in [0.2, 0.25) is 0 Å². The average molecular weight is 301 g/mol. The number of aliphatic hydroxyl groups excluding tert-OH is 1. The minimum Gasteiger partial charge on any atom is -0.392 e. The molecular weight excluding hydrogens is 276 g/mol. The molecule has 1 unspecified atom stereocenters. The van der Waals surface area contributed by atoms with E-state index in [9.17, 15) is 13.9 Å². The second kappa shape index (κ2) is 9.82. The molecule has 0 amide bonds. The minimum atomic E-state index is -0.576. The van der Waals surface area contributed by atoms with E-state index >= 15 is 0 Å². The van der Waals surface area contributed by atoms with Crippen molar-refractivity contribution in [1.82, 2.24) is 4.90 Å². The van der Waals surface area contributed by atoms with Gasteiger partial charge in [-0.1, -0.05) is 19.4 Å². The smallest absolute Gasteiger partial charge is 0.130 e. The summed E-state index contributed by atoms with van der Waals surface area (Å²) >= 11 is 0. The highest BCUT2D eigenvalue weighted by atomic mass is 19.1. The van der Waals surface area contributed by atoms with Gasteiger partial charge >= 0.3 is 0 Å². The van der Waals surface area contributed by atoms with Gasteiger partial charge in [-0.3, -0.25) is 4.90 Å². The van der Waals surface area contributed by atoms with E-state index in [4.69, 9.17) is 4.74 Å². The third-order valence-electron chi connectivity index (χ3n) is 3.32. The number of nitrogens with zero attached hydrogens (tertiary/aromatic N) is 1. The zero-order valence-corrected chi connectivity index (χ0v) is 12.8. The van der Waals surface area contributed by atoms with Gasteiger partial charge in [0, 0.05) is 45.0 Å². The molecule has 0 spiro atoms. The molecule has 1 aromatic rings. The lowest BCUT2D eigenvalue weighted by Gasteiger charge is -2.25. The number of benzene rings is 1. The van der Waals surface area contributed by atoms with Gasteiger partial charge in [0.1, 0.15) is 11.6 Å². The Morgan fingerprint density at radius 1 is 1.33 bits per heavy atom. The summed E-state index contributed by atoms with van der Waals surface area (Å²) < 4.78 is 31.7. The molecule has 0 heterocycles. The Balaban J connectivity index is 2.65. The topological polar surface area (TPSA) is 32.7 Å². The molecule has 120 valence electrons. The Morgan fingerprint density at radius 3 is 2.71 bits per heavy atom. The zero-order chi connectivity index (χ0) is 15.7. The molecule has 0 saturated heterocycles. The largest absolute Gasteiger partial charge is 0.392 e. The lowest BCUT2D eigenvalue weighted by molar-refractivity contribution is 0.0924. The van der Waals surface area contributed by atoms with Crippen LogP contribution in [0.15, 0.2) is 18.2 Å². The van der Waals surface area contributed by atoms with Gasteiger partial charge < -0.3 is 9.84 Å².